The third-order valence-electron chi connectivity index (χ3n) is 3.42. The van der Waals surface area contributed by atoms with Gasteiger partial charge in [-0.05, 0) is 37.5 Å². The van der Waals surface area contributed by atoms with Crippen molar-refractivity contribution in [1.82, 2.24) is 4.98 Å². The summed E-state index contributed by atoms with van der Waals surface area (Å²) < 4.78 is 5.45. The molecule has 1 heterocycles. The number of benzene rings is 1. The molecule has 1 aromatic heterocycles. The lowest BCUT2D eigenvalue weighted by atomic mass is 10.1. The van der Waals surface area contributed by atoms with E-state index < -0.39 is 0 Å². The lowest BCUT2D eigenvalue weighted by molar-refractivity contribution is 0.561. The molecule has 0 bridgehead atoms. The zero-order chi connectivity index (χ0) is 11.8. The molecular weight excluding hydrogens is 214 g/mol. The standard InChI is InChI=1S/C13H17N3O/c1-8-15-12-7-9(5-6-13(12)17-8)16-11-4-2-3-10(11)14/h5-7,10-11,16H,2-4,14H2,1H3. The predicted octanol–water partition coefficient (Wildman–Crippen LogP) is 2.43. The predicted molar refractivity (Wildman–Crippen MR) is 68.0 cm³/mol. The van der Waals surface area contributed by atoms with Crippen LogP contribution in [-0.4, -0.2) is 17.1 Å². The van der Waals surface area contributed by atoms with Crippen LogP contribution in [0, 0.1) is 6.92 Å². The topological polar surface area (TPSA) is 64.1 Å². The molecule has 2 aromatic rings. The second kappa shape index (κ2) is 4.04. The van der Waals surface area contributed by atoms with Crippen molar-refractivity contribution in [2.45, 2.75) is 38.3 Å². The number of nitrogens with zero attached hydrogens (tertiary/aromatic N) is 1. The first kappa shape index (κ1) is 10.6. The van der Waals surface area contributed by atoms with E-state index in [0.717, 1.165) is 29.6 Å². The Kier molecular flexibility index (Phi) is 2.52. The SMILES string of the molecule is Cc1nc2cc(NC3CCCC3N)ccc2o1. The van der Waals surface area contributed by atoms with Crippen molar-refractivity contribution in [2.24, 2.45) is 5.73 Å². The van der Waals surface area contributed by atoms with Crippen molar-refractivity contribution in [3.05, 3.63) is 24.1 Å². The summed E-state index contributed by atoms with van der Waals surface area (Å²) in [4.78, 5) is 4.33. The van der Waals surface area contributed by atoms with Gasteiger partial charge in [-0.3, -0.25) is 0 Å². The highest BCUT2D eigenvalue weighted by Crippen LogP contribution is 2.24. The van der Waals surface area contributed by atoms with Crippen LogP contribution >= 0.6 is 0 Å². The first-order valence-electron chi connectivity index (χ1n) is 6.12. The Morgan fingerprint density at radius 2 is 2.29 bits per heavy atom. The summed E-state index contributed by atoms with van der Waals surface area (Å²) in [6.07, 6.45) is 3.48. The minimum atomic E-state index is 0.268. The lowest BCUT2D eigenvalue weighted by Gasteiger charge is -2.18. The highest BCUT2D eigenvalue weighted by atomic mass is 16.3. The van der Waals surface area contributed by atoms with Crippen LogP contribution in [0.15, 0.2) is 22.6 Å². The molecule has 1 aliphatic carbocycles. The van der Waals surface area contributed by atoms with Crippen molar-refractivity contribution in [1.29, 1.82) is 0 Å². The lowest BCUT2D eigenvalue weighted by Crippen LogP contribution is -2.35. The number of nitrogens with two attached hydrogens (primary N) is 1. The first-order valence-corrected chi connectivity index (χ1v) is 6.12. The molecule has 1 fully saturated rings. The molecular formula is C13H17N3O. The van der Waals surface area contributed by atoms with Crippen LogP contribution in [0.3, 0.4) is 0 Å². The van der Waals surface area contributed by atoms with Crippen LogP contribution in [0.25, 0.3) is 11.1 Å². The van der Waals surface area contributed by atoms with E-state index in [-0.39, 0.29) is 6.04 Å². The van der Waals surface area contributed by atoms with Gasteiger partial charge in [-0.2, -0.15) is 0 Å². The molecule has 0 aliphatic heterocycles. The molecule has 1 aromatic carbocycles. The Hall–Kier alpha value is -1.55. The van der Waals surface area contributed by atoms with E-state index in [4.69, 9.17) is 10.2 Å². The maximum absolute atomic E-state index is 6.05. The Morgan fingerprint density at radius 3 is 3.06 bits per heavy atom. The molecule has 2 atom stereocenters. The zero-order valence-corrected chi connectivity index (χ0v) is 9.94. The number of nitrogens with one attached hydrogen (secondary N) is 1. The number of aryl methyl sites for hydroxylation is 1. The monoisotopic (exact) mass is 231 g/mol. The minimum absolute atomic E-state index is 0.268. The van der Waals surface area contributed by atoms with Gasteiger partial charge in [0.2, 0.25) is 0 Å². The van der Waals surface area contributed by atoms with Crippen molar-refractivity contribution < 1.29 is 4.42 Å². The minimum Gasteiger partial charge on any atom is -0.441 e. The molecule has 0 radical (unpaired) electrons. The average Bonchev–Trinajstić information content (AvgIpc) is 2.84. The Morgan fingerprint density at radius 1 is 1.41 bits per heavy atom. The van der Waals surface area contributed by atoms with Crippen LogP contribution in [-0.2, 0) is 0 Å². The Bertz CT molecular complexity index is 534. The van der Waals surface area contributed by atoms with Crippen molar-refractivity contribution >= 4 is 16.8 Å². The normalized spacial score (nSPS) is 24.4. The van der Waals surface area contributed by atoms with Gasteiger partial charge < -0.3 is 15.5 Å². The van der Waals surface area contributed by atoms with Gasteiger partial charge in [-0.1, -0.05) is 0 Å². The fourth-order valence-corrected chi connectivity index (χ4v) is 2.51. The molecule has 0 amide bonds. The number of rotatable bonds is 2. The fraction of sp³-hybridized carbons (Fsp3) is 0.462. The number of oxazole rings is 1. The Balaban J connectivity index is 1.85. The summed E-state index contributed by atoms with van der Waals surface area (Å²) in [5.74, 6) is 0.703. The first-order chi connectivity index (χ1) is 8.22. The molecule has 3 N–H and O–H groups in total. The quantitative estimate of drug-likeness (QED) is 0.833. The van der Waals surface area contributed by atoms with Crippen LogP contribution in [0.2, 0.25) is 0 Å². The molecule has 3 rings (SSSR count). The third kappa shape index (κ3) is 2.00. The fourth-order valence-electron chi connectivity index (χ4n) is 2.51. The van der Waals surface area contributed by atoms with Crippen molar-refractivity contribution in [3.8, 4) is 0 Å². The number of hydrogen-bond donors (Lipinski definition) is 2. The molecule has 1 aliphatic rings. The summed E-state index contributed by atoms with van der Waals surface area (Å²) in [5, 5.41) is 3.49. The molecule has 4 nitrogen and oxygen atoms in total. The summed E-state index contributed by atoms with van der Waals surface area (Å²) in [7, 11) is 0. The van der Waals surface area contributed by atoms with Gasteiger partial charge in [0.05, 0.1) is 0 Å². The second-order valence-corrected chi connectivity index (χ2v) is 4.76. The number of aromatic nitrogens is 1. The average molecular weight is 231 g/mol. The second-order valence-electron chi connectivity index (χ2n) is 4.76. The van der Waals surface area contributed by atoms with Gasteiger partial charge in [0, 0.05) is 24.7 Å². The number of fused-ring (bicyclic) bond motifs is 1. The van der Waals surface area contributed by atoms with E-state index in [1.165, 1.54) is 6.42 Å². The third-order valence-corrected chi connectivity index (χ3v) is 3.42. The molecule has 0 saturated heterocycles. The summed E-state index contributed by atoms with van der Waals surface area (Å²) >= 11 is 0. The van der Waals surface area contributed by atoms with Crippen LogP contribution in [0.4, 0.5) is 5.69 Å². The number of anilines is 1. The molecule has 1 saturated carbocycles. The van der Waals surface area contributed by atoms with Gasteiger partial charge >= 0.3 is 0 Å². The van der Waals surface area contributed by atoms with Gasteiger partial charge in [0.1, 0.15) is 5.52 Å². The largest absolute Gasteiger partial charge is 0.441 e. The molecule has 4 heteroatoms. The van der Waals surface area contributed by atoms with Gasteiger partial charge in [0.15, 0.2) is 11.5 Å². The Labute approximate surface area is 100 Å². The van der Waals surface area contributed by atoms with E-state index in [0.29, 0.717) is 11.9 Å². The van der Waals surface area contributed by atoms with Crippen LogP contribution in [0.1, 0.15) is 25.2 Å². The summed E-state index contributed by atoms with van der Waals surface area (Å²) in [6.45, 7) is 1.86. The van der Waals surface area contributed by atoms with E-state index in [1.807, 2.05) is 25.1 Å². The maximum Gasteiger partial charge on any atom is 0.192 e. The van der Waals surface area contributed by atoms with Gasteiger partial charge in [-0.15, -0.1) is 0 Å². The van der Waals surface area contributed by atoms with E-state index >= 15 is 0 Å². The summed E-state index contributed by atoms with van der Waals surface area (Å²) in [6, 6.07) is 6.66. The smallest absolute Gasteiger partial charge is 0.192 e. The van der Waals surface area contributed by atoms with Crippen molar-refractivity contribution in [2.75, 3.05) is 5.32 Å². The van der Waals surface area contributed by atoms with E-state index in [2.05, 4.69) is 10.3 Å². The van der Waals surface area contributed by atoms with Gasteiger partial charge in [-0.25, -0.2) is 4.98 Å². The highest BCUT2D eigenvalue weighted by Gasteiger charge is 2.23. The number of hydrogen-bond acceptors (Lipinski definition) is 4. The highest BCUT2D eigenvalue weighted by molar-refractivity contribution is 5.77. The van der Waals surface area contributed by atoms with Crippen LogP contribution in [0.5, 0.6) is 0 Å². The summed E-state index contributed by atoms with van der Waals surface area (Å²) in [5.41, 5.74) is 8.86. The zero-order valence-electron chi connectivity index (χ0n) is 9.94. The molecule has 17 heavy (non-hydrogen) atoms. The van der Waals surface area contributed by atoms with Gasteiger partial charge in [0.25, 0.3) is 0 Å². The molecule has 90 valence electrons. The maximum atomic E-state index is 6.05. The van der Waals surface area contributed by atoms with E-state index in [1.54, 1.807) is 0 Å². The van der Waals surface area contributed by atoms with Crippen LogP contribution < -0.4 is 11.1 Å². The van der Waals surface area contributed by atoms with Crippen molar-refractivity contribution in [3.63, 3.8) is 0 Å². The molecule has 0 spiro atoms. The van der Waals surface area contributed by atoms with E-state index in [9.17, 15) is 0 Å². The molecule has 2 unspecified atom stereocenters.